The lowest BCUT2D eigenvalue weighted by molar-refractivity contribution is 0.0995. The molecule has 12 heavy (non-hydrogen) atoms. The molecule has 0 aromatic carbocycles. The van der Waals surface area contributed by atoms with Gasteiger partial charge in [0, 0.05) is 18.1 Å². The maximum absolute atomic E-state index is 11.0. The van der Waals surface area contributed by atoms with Crippen molar-refractivity contribution < 1.29 is 9.15 Å². The lowest BCUT2D eigenvalue weighted by atomic mass is 10.1. The van der Waals surface area contributed by atoms with Crippen LogP contribution < -0.4 is 5.63 Å². The third-order valence-corrected chi connectivity index (χ3v) is 2.09. The topological polar surface area (TPSA) is 39.4 Å². The molecule has 64 valence electrons. The van der Waals surface area contributed by atoms with Crippen LogP contribution in [0.2, 0.25) is 0 Å². The Balaban J connectivity index is 2.60. The van der Waals surface area contributed by atoms with Gasteiger partial charge in [0.1, 0.15) is 5.76 Å². The van der Waals surface area contributed by atoms with Gasteiger partial charge in [0.15, 0.2) is 0 Å². The van der Waals surface area contributed by atoms with Crippen LogP contribution in [0, 0.1) is 6.92 Å². The Morgan fingerprint density at radius 3 is 3.17 bits per heavy atom. The summed E-state index contributed by atoms with van der Waals surface area (Å²) < 4.78 is 10.3. The first-order chi connectivity index (χ1) is 5.77. The van der Waals surface area contributed by atoms with Gasteiger partial charge in [-0.05, 0) is 12.5 Å². The van der Waals surface area contributed by atoms with Crippen LogP contribution in [0.15, 0.2) is 15.3 Å². The zero-order valence-electron chi connectivity index (χ0n) is 6.92. The highest BCUT2D eigenvalue weighted by molar-refractivity contribution is 5.27. The molecule has 1 aromatic heterocycles. The van der Waals surface area contributed by atoms with Crippen molar-refractivity contribution in [3.63, 3.8) is 0 Å². The number of aryl methyl sites for hydroxylation is 1. The van der Waals surface area contributed by atoms with Gasteiger partial charge in [0.25, 0.3) is 0 Å². The van der Waals surface area contributed by atoms with Gasteiger partial charge >= 0.3 is 5.63 Å². The Morgan fingerprint density at radius 1 is 1.50 bits per heavy atom. The van der Waals surface area contributed by atoms with Gasteiger partial charge in [0.2, 0.25) is 0 Å². The number of hydrogen-bond donors (Lipinski definition) is 0. The zero-order valence-corrected chi connectivity index (χ0v) is 6.92. The van der Waals surface area contributed by atoms with Gasteiger partial charge in [-0.2, -0.15) is 0 Å². The predicted octanol–water partition coefficient (Wildman–Crippen LogP) is 1.02. The van der Waals surface area contributed by atoms with E-state index in [1.54, 1.807) is 0 Å². The van der Waals surface area contributed by atoms with Crippen molar-refractivity contribution in [1.29, 1.82) is 0 Å². The summed E-state index contributed by atoms with van der Waals surface area (Å²) in [5, 5.41) is 0. The van der Waals surface area contributed by atoms with Crippen LogP contribution in [-0.2, 0) is 17.8 Å². The van der Waals surface area contributed by atoms with E-state index in [1.165, 1.54) is 6.07 Å². The second-order valence-electron chi connectivity index (χ2n) is 2.95. The monoisotopic (exact) mass is 166 g/mol. The summed E-state index contributed by atoms with van der Waals surface area (Å²) in [6, 6.07) is 1.51. The average molecular weight is 166 g/mol. The molecule has 0 radical (unpaired) electrons. The molecular weight excluding hydrogens is 156 g/mol. The summed E-state index contributed by atoms with van der Waals surface area (Å²) in [7, 11) is 0. The minimum Gasteiger partial charge on any atom is -0.427 e. The van der Waals surface area contributed by atoms with Gasteiger partial charge in [-0.15, -0.1) is 0 Å². The molecule has 0 aliphatic carbocycles. The van der Waals surface area contributed by atoms with E-state index in [0.29, 0.717) is 19.6 Å². The smallest absolute Gasteiger partial charge is 0.336 e. The van der Waals surface area contributed by atoms with E-state index < -0.39 is 0 Å². The summed E-state index contributed by atoms with van der Waals surface area (Å²) in [5.41, 5.74) is 1.76. The van der Waals surface area contributed by atoms with Crippen molar-refractivity contribution in [2.45, 2.75) is 20.0 Å². The van der Waals surface area contributed by atoms with Crippen LogP contribution in [0.3, 0.4) is 0 Å². The van der Waals surface area contributed by atoms with Crippen LogP contribution in [0.1, 0.15) is 16.9 Å². The van der Waals surface area contributed by atoms with Crippen LogP contribution in [0.5, 0.6) is 0 Å². The maximum Gasteiger partial charge on any atom is 0.336 e. The highest BCUT2D eigenvalue weighted by Crippen LogP contribution is 2.17. The highest BCUT2D eigenvalue weighted by atomic mass is 16.5. The molecule has 2 heterocycles. The van der Waals surface area contributed by atoms with E-state index >= 15 is 0 Å². The molecule has 0 saturated carbocycles. The maximum atomic E-state index is 11.0. The molecule has 0 amide bonds. The van der Waals surface area contributed by atoms with Gasteiger partial charge in [-0.1, -0.05) is 0 Å². The molecule has 1 aliphatic rings. The zero-order chi connectivity index (χ0) is 8.55. The van der Waals surface area contributed by atoms with Crippen LogP contribution in [0.4, 0.5) is 0 Å². The average Bonchev–Trinajstić information content (AvgIpc) is 2.04. The fourth-order valence-electron chi connectivity index (χ4n) is 1.43. The number of ether oxygens (including phenoxy) is 1. The predicted molar refractivity (Wildman–Crippen MR) is 43.1 cm³/mol. The molecule has 0 bridgehead atoms. The Hall–Kier alpha value is -1.09. The summed E-state index contributed by atoms with van der Waals surface area (Å²) in [6.07, 6.45) is 0.715. The molecule has 0 spiro atoms. The Kier molecular flexibility index (Phi) is 1.73. The molecular formula is C9H10O3. The minimum absolute atomic E-state index is 0.256. The molecule has 2 rings (SSSR count). The van der Waals surface area contributed by atoms with E-state index in [0.717, 1.165) is 16.9 Å². The molecule has 1 aromatic rings. The van der Waals surface area contributed by atoms with Crippen LogP contribution in [-0.4, -0.2) is 6.61 Å². The fourth-order valence-corrected chi connectivity index (χ4v) is 1.43. The van der Waals surface area contributed by atoms with Crippen molar-refractivity contribution in [2.75, 3.05) is 6.61 Å². The van der Waals surface area contributed by atoms with Gasteiger partial charge in [-0.3, -0.25) is 0 Å². The van der Waals surface area contributed by atoms with E-state index in [1.807, 2.05) is 6.92 Å². The first kappa shape index (κ1) is 7.55. The lowest BCUT2D eigenvalue weighted by Gasteiger charge is -2.15. The lowest BCUT2D eigenvalue weighted by Crippen LogP contribution is -2.15. The third kappa shape index (κ3) is 1.16. The largest absolute Gasteiger partial charge is 0.427 e. The first-order valence-electron chi connectivity index (χ1n) is 3.97. The first-order valence-corrected chi connectivity index (χ1v) is 3.97. The van der Waals surface area contributed by atoms with Crippen molar-refractivity contribution >= 4 is 0 Å². The second-order valence-corrected chi connectivity index (χ2v) is 2.95. The normalized spacial score (nSPS) is 15.8. The summed E-state index contributed by atoms with van der Waals surface area (Å²) in [4.78, 5) is 11.0. The molecule has 3 nitrogen and oxygen atoms in total. The molecule has 0 N–H and O–H groups in total. The van der Waals surface area contributed by atoms with E-state index in [9.17, 15) is 4.79 Å². The van der Waals surface area contributed by atoms with Crippen LogP contribution >= 0.6 is 0 Å². The molecule has 3 heteroatoms. The van der Waals surface area contributed by atoms with Crippen molar-refractivity contribution in [2.24, 2.45) is 0 Å². The van der Waals surface area contributed by atoms with Crippen molar-refractivity contribution in [3.05, 3.63) is 33.4 Å². The van der Waals surface area contributed by atoms with Crippen molar-refractivity contribution in [3.8, 4) is 0 Å². The quantitative estimate of drug-likeness (QED) is 0.577. The van der Waals surface area contributed by atoms with Crippen LogP contribution in [0.25, 0.3) is 0 Å². The van der Waals surface area contributed by atoms with E-state index in [2.05, 4.69) is 0 Å². The van der Waals surface area contributed by atoms with E-state index in [4.69, 9.17) is 9.15 Å². The Labute approximate surface area is 70.0 Å². The summed E-state index contributed by atoms with van der Waals surface area (Å²) in [6.45, 7) is 3.13. The third-order valence-electron chi connectivity index (χ3n) is 2.09. The van der Waals surface area contributed by atoms with E-state index in [-0.39, 0.29) is 5.63 Å². The molecule has 0 unspecified atom stereocenters. The molecule has 0 saturated heterocycles. The van der Waals surface area contributed by atoms with Gasteiger partial charge in [0.05, 0.1) is 13.2 Å². The molecule has 0 atom stereocenters. The standard InChI is InChI=1S/C9H10O3/c1-6-4-9(10)12-8-2-3-11-5-7(6)8/h4H,2-3,5H2,1H3. The minimum atomic E-state index is -0.256. The van der Waals surface area contributed by atoms with Crippen molar-refractivity contribution in [1.82, 2.24) is 0 Å². The molecule has 0 fully saturated rings. The summed E-state index contributed by atoms with van der Waals surface area (Å²) >= 11 is 0. The molecule has 1 aliphatic heterocycles. The highest BCUT2D eigenvalue weighted by Gasteiger charge is 2.14. The fraction of sp³-hybridized carbons (Fsp3) is 0.444. The Morgan fingerprint density at radius 2 is 2.33 bits per heavy atom. The second kappa shape index (κ2) is 2.75. The number of fused-ring (bicyclic) bond motifs is 1. The summed E-state index contributed by atoms with van der Waals surface area (Å²) in [5.74, 6) is 0.797. The van der Waals surface area contributed by atoms with Gasteiger partial charge in [-0.25, -0.2) is 4.79 Å². The Bertz CT molecular complexity index is 351. The number of rotatable bonds is 0. The van der Waals surface area contributed by atoms with Gasteiger partial charge < -0.3 is 9.15 Å². The number of hydrogen-bond acceptors (Lipinski definition) is 3. The SMILES string of the molecule is Cc1cc(=O)oc2c1COCC2.